The van der Waals surface area contributed by atoms with Crippen LogP contribution in [0.5, 0.6) is 0 Å². The summed E-state index contributed by atoms with van der Waals surface area (Å²) in [5.74, 6) is -7.59. The molecule has 0 unspecified atom stereocenters. The van der Waals surface area contributed by atoms with Gasteiger partial charge < -0.3 is 16.0 Å². The molecule has 0 saturated heterocycles. The van der Waals surface area contributed by atoms with E-state index in [-0.39, 0.29) is 28.5 Å². The van der Waals surface area contributed by atoms with E-state index in [1.54, 1.807) is 0 Å². The lowest BCUT2D eigenvalue weighted by molar-refractivity contribution is -0.140. The number of carbonyl (C=O) groups is 2. The van der Waals surface area contributed by atoms with Crippen molar-refractivity contribution in [3.63, 3.8) is 0 Å². The summed E-state index contributed by atoms with van der Waals surface area (Å²) >= 11 is 18.7. The number of halogens is 10. The maximum Gasteiger partial charge on any atom is 0.419 e. The lowest BCUT2D eigenvalue weighted by Crippen LogP contribution is -2.17. The fraction of sp³-hybridized carbons (Fsp3) is 0.259. The third-order valence-electron chi connectivity index (χ3n) is 6.45. The van der Waals surface area contributed by atoms with Crippen LogP contribution in [-0.2, 0) is 22.3 Å². The monoisotopic (exact) mass is 655 g/mol. The molecule has 0 bridgehead atoms. The van der Waals surface area contributed by atoms with Gasteiger partial charge >= 0.3 is 6.18 Å². The Hall–Kier alpha value is -3.22. The number of alkyl halides is 6. The van der Waals surface area contributed by atoms with Gasteiger partial charge in [-0.25, -0.2) is 13.2 Å². The predicted molar refractivity (Wildman–Crippen MR) is 145 cm³/mol. The molecule has 4 rings (SSSR count). The minimum Gasteiger partial charge on any atom is -0.378 e. The highest BCUT2D eigenvalue weighted by Gasteiger charge is 2.67. The molecule has 2 atom stereocenters. The highest BCUT2D eigenvalue weighted by Crippen LogP contribution is 2.65. The van der Waals surface area contributed by atoms with Crippen molar-refractivity contribution in [1.82, 2.24) is 0 Å². The van der Waals surface area contributed by atoms with Crippen molar-refractivity contribution in [3.8, 4) is 0 Å². The third-order valence-corrected chi connectivity index (χ3v) is 7.76. The Balaban J connectivity index is 1.47. The van der Waals surface area contributed by atoms with E-state index in [0.29, 0.717) is 17.7 Å². The maximum atomic E-state index is 14.8. The molecule has 0 heterocycles. The van der Waals surface area contributed by atoms with Gasteiger partial charge in [-0.2, -0.15) is 13.2 Å². The Labute approximate surface area is 249 Å². The van der Waals surface area contributed by atoms with Crippen LogP contribution in [0.4, 0.5) is 47.8 Å². The Kier molecular flexibility index (Phi) is 9.19. The summed E-state index contributed by atoms with van der Waals surface area (Å²) < 4.78 is 92.7. The van der Waals surface area contributed by atoms with Gasteiger partial charge in [0.15, 0.2) is 5.82 Å². The van der Waals surface area contributed by atoms with Crippen molar-refractivity contribution in [2.75, 3.05) is 22.6 Å². The largest absolute Gasteiger partial charge is 0.419 e. The Morgan fingerprint density at radius 3 is 2.29 bits per heavy atom. The standard InChI is InChI=1S/C27H19Cl3F7N3O2/c28-16-3-2-14(9-13(16)11-38-19-6-5-18(33)24(23(19)34)40-20(41)7-8-31)39-25(42)22-21(26(22,29)30)12-1-4-17(32)15(10-12)27(35,36)37/h1-6,9-10,21-22,38H,7-8,11H2,(H,39,42)(H,40,41)/t21-,22+/m0/s1. The second-order valence-corrected chi connectivity index (χ2v) is 11.1. The number of nitrogens with one attached hydrogen (secondary N) is 3. The smallest absolute Gasteiger partial charge is 0.378 e. The fourth-order valence-corrected chi connectivity index (χ4v) is 5.32. The van der Waals surface area contributed by atoms with Crippen LogP contribution < -0.4 is 16.0 Å². The summed E-state index contributed by atoms with van der Waals surface area (Å²) in [6.45, 7) is -1.15. The molecule has 2 amide bonds. The third kappa shape index (κ3) is 6.71. The Bertz CT molecular complexity index is 1540. The van der Waals surface area contributed by atoms with Gasteiger partial charge in [0.1, 0.15) is 21.7 Å². The van der Waals surface area contributed by atoms with E-state index in [4.69, 9.17) is 34.8 Å². The van der Waals surface area contributed by atoms with Gasteiger partial charge in [0.25, 0.3) is 0 Å². The van der Waals surface area contributed by atoms with Gasteiger partial charge in [-0.15, -0.1) is 23.2 Å². The summed E-state index contributed by atoms with van der Waals surface area (Å²) in [6, 6.07) is 8.46. The van der Waals surface area contributed by atoms with Crippen molar-refractivity contribution in [2.24, 2.45) is 5.92 Å². The van der Waals surface area contributed by atoms with Crippen LogP contribution in [-0.4, -0.2) is 22.8 Å². The topological polar surface area (TPSA) is 70.2 Å². The average molecular weight is 657 g/mol. The normalized spacial score (nSPS) is 17.5. The first-order chi connectivity index (χ1) is 19.6. The van der Waals surface area contributed by atoms with Crippen molar-refractivity contribution in [2.45, 2.75) is 29.4 Å². The first kappa shape index (κ1) is 31.7. The second-order valence-electron chi connectivity index (χ2n) is 9.29. The van der Waals surface area contributed by atoms with Crippen LogP contribution in [0.3, 0.4) is 0 Å². The molecule has 1 fully saturated rings. The van der Waals surface area contributed by atoms with E-state index < -0.39 is 76.0 Å². The number of amides is 2. The molecule has 0 aromatic heterocycles. The van der Waals surface area contributed by atoms with E-state index in [1.807, 2.05) is 5.32 Å². The van der Waals surface area contributed by atoms with E-state index in [2.05, 4.69) is 10.6 Å². The zero-order chi connectivity index (χ0) is 31.0. The molecule has 1 aliphatic carbocycles. The van der Waals surface area contributed by atoms with Crippen molar-refractivity contribution in [1.29, 1.82) is 0 Å². The number of anilines is 3. The maximum absolute atomic E-state index is 14.8. The zero-order valence-corrected chi connectivity index (χ0v) is 23.3. The van der Waals surface area contributed by atoms with E-state index in [0.717, 1.165) is 18.2 Å². The Morgan fingerprint density at radius 1 is 0.929 bits per heavy atom. The number of rotatable bonds is 9. The molecule has 1 saturated carbocycles. The summed E-state index contributed by atoms with van der Waals surface area (Å²) in [6.07, 6.45) is -5.55. The molecule has 0 radical (unpaired) electrons. The lowest BCUT2D eigenvalue weighted by atomic mass is 10.0. The summed E-state index contributed by atoms with van der Waals surface area (Å²) in [7, 11) is 0. The van der Waals surface area contributed by atoms with Gasteiger partial charge in [-0.05, 0) is 53.6 Å². The molecule has 42 heavy (non-hydrogen) atoms. The molecule has 1 aliphatic rings. The fourth-order valence-electron chi connectivity index (χ4n) is 4.31. The molecule has 3 aromatic rings. The first-order valence-electron chi connectivity index (χ1n) is 12.1. The molecule has 5 nitrogen and oxygen atoms in total. The van der Waals surface area contributed by atoms with E-state index in [9.17, 15) is 40.3 Å². The highest BCUT2D eigenvalue weighted by molar-refractivity contribution is 6.53. The number of hydrogen-bond donors (Lipinski definition) is 3. The van der Waals surface area contributed by atoms with Crippen LogP contribution >= 0.6 is 34.8 Å². The highest BCUT2D eigenvalue weighted by atomic mass is 35.5. The number of carbonyl (C=O) groups excluding carboxylic acids is 2. The molecular weight excluding hydrogens is 638 g/mol. The van der Waals surface area contributed by atoms with Crippen LogP contribution in [0, 0.1) is 23.4 Å². The lowest BCUT2D eigenvalue weighted by Gasteiger charge is -2.14. The summed E-state index contributed by atoms with van der Waals surface area (Å²) in [4.78, 5) is 24.6. The molecule has 15 heteroatoms. The van der Waals surface area contributed by atoms with Gasteiger partial charge in [0, 0.05) is 23.2 Å². The quantitative estimate of drug-likeness (QED) is 0.161. The minimum atomic E-state index is -4.97. The molecule has 0 aliphatic heterocycles. The molecule has 3 aromatic carbocycles. The molecule has 224 valence electrons. The minimum absolute atomic E-state index is 0.0727. The zero-order valence-electron chi connectivity index (χ0n) is 21.0. The van der Waals surface area contributed by atoms with E-state index >= 15 is 0 Å². The van der Waals surface area contributed by atoms with Crippen molar-refractivity contribution in [3.05, 3.63) is 87.7 Å². The molecule has 0 spiro atoms. The van der Waals surface area contributed by atoms with Crippen molar-refractivity contribution < 1.29 is 40.3 Å². The van der Waals surface area contributed by atoms with Crippen LogP contribution in [0.25, 0.3) is 0 Å². The average Bonchev–Trinajstić information content (AvgIpc) is 3.49. The van der Waals surface area contributed by atoms with Gasteiger partial charge in [-0.1, -0.05) is 17.7 Å². The van der Waals surface area contributed by atoms with Gasteiger partial charge in [0.05, 0.1) is 30.3 Å². The Morgan fingerprint density at radius 2 is 1.62 bits per heavy atom. The van der Waals surface area contributed by atoms with Gasteiger partial charge in [0.2, 0.25) is 11.8 Å². The van der Waals surface area contributed by atoms with Crippen LogP contribution in [0.15, 0.2) is 48.5 Å². The van der Waals surface area contributed by atoms with Gasteiger partial charge in [-0.3, -0.25) is 14.0 Å². The second kappa shape index (κ2) is 12.2. The molecule has 3 N–H and O–H groups in total. The number of benzene rings is 3. The summed E-state index contributed by atoms with van der Waals surface area (Å²) in [5.41, 5.74) is -2.05. The van der Waals surface area contributed by atoms with Crippen molar-refractivity contribution >= 4 is 63.7 Å². The summed E-state index contributed by atoms with van der Waals surface area (Å²) in [5, 5.41) is 7.41. The molecular formula is C27H19Cl3F7N3O2. The van der Waals surface area contributed by atoms with Crippen LogP contribution in [0.1, 0.15) is 29.0 Å². The SMILES string of the molecule is O=C(CCF)Nc1c(F)ccc(NCc2cc(NC(=O)[C@H]3[C@H](c4ccc(F)c(C(F)(F)F)c4)C3(Cl)Cl)ccc2Cl)c1F. The first-order valence-corrected chi connectivity index (χ1v) is 13.2. The number of hydrogen-bond acceptors (Lipinski definition) is 3. The van der Waals surface area contributed by atoms with Crippen LogP contribution in [0.2, 0.25) is 5.02 Å². The van der Waals surface area contributed by atoms with E-state index in [1.165, 1.54) is 18.2 Å². The predicted octanol–water partition coefficient (Wildman–Crippen LogP) is 8.21.